The molecule has 0 radical (unpaired) electrons. The highest BCUT2D eigenvalue weighted by Gasteiger charge is 2.27. The summed E-state index contributed by atoms with van der Waals surface area (Å²) in [5.41, 5.74) is -0.282. The van der Waals surface area contributed by atoms with Crippen LogP contribution in [0.4, 0.5) is 0 Å². The molecule has 0 spiro atoms. The van der Waals surface area contributed by atoms with Crippen LogP contribution >= 0.6 is 24.0 Å². The van der Waals surface area contributed by atoms with Gasteiger partial charge in [0.25, 0.3) is 0 Å². The van der Waals surface area contributed by atoms with Crippen molar-refractivity contribution >= 4 is 40.0 Å². The van der Waals surface area contributed by atoms with Gasteiger partial charge in [-0.3, -0.25) is 4.99 Å². The lowest BCUT2D eigenvalue weighted by Gasteiger charge is -2.24. The third-order valence-corrected chi connectivity index (χ3v) is 5.27. The Morgan fingerprint density at radius 3 is 2.52 bits per heavy atom. The molecule has 7 nitrogen and oxygen atoms in total. The van der Waals surface area contributed by atoms with Crippen molar-refractivity contribution in [1.29, 1.82) is 0 Å². The van der Waals surface area contributed by atoms with E-state index >= 15 is 0 Å². The van der Waals surface area contributed by atoms with Crippen molar-refractivity contribution in [2.45, 2.75) is 25.9 Å². The number of methoxy groups -OCH3 is 1. The number of nitrogens with zero attached hydrogens (tertiary/aromatic N) is 2. The summed E-state index contributed by atoms with van der Waals surface area (Å²) < 4.78 is 30.1. The molecule has 1 saturated heterocycles. The third kappa shape index (κ3) is 7.11. The minimum atomic E-state index is -3.02. The summed E-state index contributed by atoms with van der Waals surface area (Å²) in [5.74, 6) is 0.911. The second kappa shape index (κ2) is 9.11. The van der Waals surface area contributed by atoms with Crippen LogP contribution in [0.3, 0.4) is 0 Å². The van der Waals surface area contributed by atoms with Crippen LogP contribution in [-0.2, 0) is 14.8 Å². The van der Waals surface area contributed by atoms with E-state index in [-0.39, 0.29) is 35.3 Å². The lowest BCUT2D eigenvalue weighted by atomic mass is 10.1. The maximum absolute atomic E-state index is 11.6. The highest BCUT2D eigenvalue weighted by atomic mass is 127. The normalized spacial score (nSPS) is 19.1. The molecular weight excluding hydrogens is 407 g/mol. The van der Waals surface area contributed by atoms with E-state index in [4.69, 9.17) is 4.74 Å². The second-order valence-corrected chi connectivity index (χ2v) is 7.47. The molecule has 0 aromatic rings. The van der Waals surface area contributed by atoms with Crippen LogP contribution in [-0.4, -0.2) is 70.4 Å². The fraction of sp³-hybridized carbons (Fsp3) is 0.917. The molecule has 2 N–H and O–H groups in total. The van der Waals surface area contributed by atoms with Crippen molar-refractivity contribution in [3.63, 3.8) is 0 Å². The fourth-order valence-corrected chi connectivity index (χ4v) is 3.36. The summed E-state index contributed by atoms with van der Waals surface area (Å²) in [5, 5.41) is 6.26. The summed E-state index contributed by atoms with van der Waals surface area (Å²) in [4.78, 5) is 4.10. The van der Waals surface area contributed by atoms with Gasteiger partial charge >= 0.3 is 0 Å². The van der Waals surface area contributed by atoms with E-state index in [9.17, 15) is 8.42 Å². The highest BCUT2D eigenvalue weighted by Crippen LogP contribution is 2.11. The molecule has 1 aliphatic rings. The quantitative estimate of drug-likeness (QED) is 0.355. The van der Waals surface area contributed by atoms with Crippen molar-refractivity contribution in [1.82, 2.24) is 14.9 Å². The SMILES string of the molecule is CN=C(NCCN1CCCS1(=O)=O)NCC(C)(C)OC.I. The number of nitrogens with one attached hydrogen (secondary N) is 2. The van der Waals surface area contributed by atoms with E-state index in [0.29, 0.717) is 32.1 Å². The lowest BCUT2D eigenvalue weighted by Crippen LogP contribution is -2.47. The van der Waals surface area contributed by atoms with Crippen LogP contribution < -0.4 is 10.6 Å². The molecule has 0 aromatic carbocycles. The van der Waals surface area contributed by atoms with E-state index in [2.05, 4.69) is 15.6 Å². The molecule has 0 bridgehead atoms. The van der Waals surface area contributed by atoms with E-state index in [1.54, 1.807) is 14.2 Å². The van der Waals surface area contributed by atoms with Crippen LogP contribution in [0, 0.1) is 0 Å². The van der Waals surface area contributed by atoms with Gasteiger partial charge in [-0.25, -0.2) is 12.7 Å². The Morgan fingerprint density at radius 2 is 2.05 bits per heavy atom. The molecule has 126 valence electrons. The smallest absolute Gasteiger partial charge is 0.214 e. The fourth-order valence-electron chi connectivity index (χ4n) is 1.83. The number of hydrogen-bond donors (Lipinski definition) is 2. The summed E-state index contributed by atoms with van der Waals surface area (Å²) >= 11 is 0. The lowest BCUT2D eigenvalue weighted by molar-refractivity contribution is 0.0268. The molecule has 0 unspecified atom stereocenters. The van der Waals surface area contributed by atoms with Crippen molar-refractivity contribution in [3.05, 3.63) is 0 Å². The minimum absolute atomic E-state index is 0. The Balaban J connectivity index is 0.00000400. The maximum Gasteiger partial charge on any atom is 0.214 e. The average Bonchev–Trinajstić information content (AvgIpc) is 2.73. The Labute approximate surface area is 145 Å². The Kier molecular flexibility index (Phi) is 9.05. The van der Waals surface area contributed by atoms with Gasteiger partial charge in [0, 0.05) is 40.3 Å². The highest BCUT2D eigenvalue weighted by molar-refractivity contribution is 14.0. The van der Waals surface area contributed by atoms with Crippen LogP contribution in [0.5, 0.6) is 0 Å². The largest absolute Gasteiger partial charge is 0.377 e. The Hall–Kier alpha value is -0.130. The van der Waals surface area contributed by atoms with Gasteiger partial charge in [-0.15, -0.1) is 24.0 Å². The average molecular weight is 434 g/mol. The van der Waals surface area contributed by atoms with Gasteiger partial charge in [0.1, 0.15) is 0 Å². The maximum atomic E-state index is 11.6. The number of hydrogen-bond acceptors (Lipinski definition) is 4. The summed E-state index contributed by atoms with van der Waals surface area (Å²) in [7, 11) is 0.327. The monoisotopic (exact) mass is 434 g/mol. The summed E-state index contributed by atoms with van der Waals surface area (Å²) in [6.07, 6.45) is 0.720. The van der Waals surface area contributed by atoms with Crippen LogP contribution in [0.25, 0.3) is 0 Å². The first-order valence-corrected chi connectivity index (χ1v) is 8.39. The van der Waals surface area contributed by atoms with Gasteiger partial charge in [-0.05, 0) is 20.3 Å². The third-order valence-electron chi connectivity index (χ3n) is 3.31. The molecule has 9 heteroatoms. The van der Waals surface area contributed by atoms with Crippen molar-refractivity contribution in [2.24, 2.45) is 4.99 Å². The van der Waals surface area contributed by atoms with Gasteiger partial charge < -0.3 is 15.4 Å². The minimum Gasteiger partial charge on any atom is -0.377 e. The standard InChI is InChI=1S/C12H26N4O3S.HI/c1-12(2,19-4)10-15-11(13-3)14-6-8-16-7-5-9-20(16,17)18;/h5-10H2,1-4H3,(H2,13,14,15);1H. The first kappa shape index (κ1) is 20.9. The van der Waals surface area contributed by atoms with Gasteiger partial charge in [0.15, 0.2) is 5.96 Å². The zero-order valence-corrected chi connectivity index (χ0v) is 16.3. The van der Waals surface area contributed by atoms with Gasteiger partial charge in [0.05, 0.1) is 11.4 Å². The van der Waals surface area contributed by atoms with Crippen molar-refractivity contribution in [3.8, 4) is 0 Å². The number of sulfonamides is 1. The molecule has 1 aliphatic heterocycles. The number of ether oxygens (including phenoxy) is 1. The second-order valence-electron chi connectivity index (χ2n) is 5.38. The van der Waals surface area contributed by atoms with Gasteiger partial charge in [-0.1, -0.05) is 0 Å². The van der Waals surface area contributed by atoms with Crippen LogP contribution in [0.15, 0.2) is 4.99 Å². The van der Waals surface area contributed by atoms with Crippen molar-refractivity contribution in [2.75, 3.05) is 46.1 Å². The number of rotatable bonds is 6. The first-order chi connectivity index (χ1) is 9.30. The molecule has 1 rings (SSSR count). The number of aliphatic imine (C=N–C) groups is 1. The predicted molar refractivity (Wildman–Crippen MR) is 95.8 cm³/mol. The molecule has 1 fully saturated rings. The first-order valence-electron chi connectivity index (χ1n) is 6.78. The van der Waals surface area contributed by atoms with Crippen LogP contribution in [0.1, 0.15) is 20.3 Å². The Bertz CT molecular complexity index is 440. The zero-order valence-electron chi connectivity index (χ0n) is 13.2. The molecule has 0 atom stereocenters. The van der Waals surface area contributed by atoms with Crippen LogP contribution in [0.2, 0.25) is 0 Å². The van der Waals surface area contributed by atoms with Gasteiger partial charge in [-0.2, -0.15) is 0 Å². The molecule has 0 aliphatic carbocycles. The molecule has 1 heterocycles. The number of guanidine groups is 1. The molecule has 0 aromatic heterocycles. The van der Waals surface area contributed by atoms with E-state index < -0.39 is 10.0 Å². The van der Waals surface area contributed by atoms with E-state index in [1.165, 1.54) is 4.31 Å². The summed E-state index contributed by atoms with van der Waals surface area (Å²) in [6.45, 7) is 6.19. The van der Waals surface area contributed by atoms with E-state index in [0.717, 1.165) is 6.42 Å². The van der Waals surface area contributed by atoms with E-state index in [1.807, 2.05) is 13.8 Å². The summed E-state index contributed by atoms with van der Waals surface area (Å²) in [6, 6.07) is 0. The number of halogens is 1. The Morgan fingerprint density at radius 1 is 1.38 bits per heavy atom. The molecule has 0 saturated carbocycles. The molecule has 0 amide bonds. The zero-order chi connectivity index (χ0) is 15.2. The molecule has 21 heavy (non-hydrogen) atoms. The van der Waals surface area contributed by atoms with Gasteiger partial charge in [0.2, 0.25) is 10.0 Å². The predicted octanol–water partition coefficient (Wildman–Crippen LogP) is 0.230. The molecular formula is C12H27IN4O3S. The topological polar surface area (TPSA) is 83.0 Å². The van der Waals surface area contributed by atoms with Crippen molar-refractivity contribution < 1.29 is 13.2 Å².